The van der Waals surface area contributed by atoms with Crippen LogP contribution in [0.5, 0.6) is 0 Å². The Morgan fingerprint density at radius 2 is 1.42 bits per heavy atom. The first-order valence-corrected chi connectivity index (χ1v) is 12.0. The van der Waals surface area contributed by atoms with Crippen molar-refractivity contribution >= 4 is 17.9 Å². The molecule has 9 nitrogen and oxygen atoms in total. The molecule has 0 aliphatic carbocycles. The van der Waals surface area contributed by atoms with E-state index in [9.17, 15) is 19.5 Å². The lowest BCUT2D eigenvalue weighted by Gasteiger charge is -2.28. The van der Waals surface area contributed by atoms with Gasteiger partial charge in [0.25, 0.3) is 5.91 Å². The lowest BCUT2D eigenvalue weighted by atomic mass is 10.1. The van der Waals surface area contributed by atoms with Crippen LogP contribution < -0.4 is 21.4 Å². The summed E-state index contributed by atoms with van der Waals surface area (Å²) in [6, 6.07) is 7.61. The zero-order valence-corrected chi connectivity index (χ0v) is 20.0. The smallest absolute Gasteiger partial charge is 0.356 e. The highest BCUT2D eigenvalue weighted by atomic mass is 16.7. The molecule has 1 aromatic carbocycles. The van der Waals surface area contributed by atoms with Gasteiger partial charge in [-0.3, -0.25) is 4.79 Å². The normalized spacial score (nSPS) is 12.5. The SMILES string of the molecule is CCCCCCCNC(=O)N[C@](O)(CNOC(=O)c1ccccc1)C(=O)NCCCCCC. The van der Waals surface area contributed by atoms with E-state index in [1.807, 2.05) is 0 Å². The number of hydrogen-bond donors (Lipinski definition) is 5. The zero-order valence-electron chi connectivity index (χ0n) is 20.0. The molecule has 0 bridgehead atoms. The molecule has 0 heterocycles. The summed E-state index contributed by atoms with van der Waals surface area (Å²) in [5.74, 6) is -1.45. The first-order valence-electron chi connectivity index (χ1n) is 12.0. The van der Waals surface area contributed by atoms with E-state index < -0.39 is 30.2 Å². The molecule has 0 saturated heterocycles. The highest BCUT2D eigenvalue weighted by molar-refractivity contribution is 5.90. The summed E-state index contributed by atoms with van der Waals surface area (Å²) in [6.45, 7) is 4.50. The predicted octanol–water partition coefficient (Wildman–Crippen LogP) is 3.00. The monoisotopic (exact) mass is 464 g/mol. The van der Waals surface area contributed by atoms with Gasteiger partial charge in [-0.1, -0.05) is 77.0 Å². The van der Waals surface area contributed by atoms with Crippen LogP contribution in [0.25, 0.3) is 0 Å². The number of unbranched alkanes of at least 4 members (excludes halogenated alkanes) is 7. The van der Waals surface area contributed by atoms with Gasteiger partial charge in [0.15, 0.2) is 0 Å². The predicted molar refractivity (Wildman–Crippen MR) is 127 cm³/mol. The Labute approximate surface area is 197 Å². The van der Waals surface area contributed by atoms with Gasteiger partial charge in [0.2, 0.25) is 5.72 Å². The van der Waals surface area contributed by atoms with Gasteiger partial charge in [0.1, 0.15) is 0 Å². The van der Waals surface area contributed by atoms with Crippen molar-refractivity contribution in [1.82, 2.24) is 21.4 Å². The highest BCUT2D eigenvalue weighted by Crippen LogP contribution is 2.04. The van der Waals surface area contributed by atoms with Gasteiger partial charge < -0.3 is 25.9 Å². The largest absolute Gasteiger partial charge is 0.367 e. The van der Waals surface area contributed by atoms with Crippen LogP contribution in [0.4, 0.5) is 4.79 Å². The molecule has 0 aromatic heterocycles. The van der Waals surface area contributed by atoms with Crippen LogP contribution in [-0.2, 0) is 9.63 Å². The lowest BCUT2D eigenvalue weighted by molar-refractivity contribution is -0.144. The molecule has 1 atom stereocenters. The van der Waals surface area contributed by atoms with Crippen LogP contribution in [0, 0.1) is 0 Å². The summed E-state index contributed by atoms with van der Waals surface area (Å²) >= 11 is 0. The summed E-state index contributed by atoms with van der Waals surface area (Å²) < 4.78 is 0. The second-order valence-electron chi connectivity index (χ2n) is 8.05. The third-order valence-corrected chi connectivity index (χ3v) is 5.08. The number of carbonyl (C=O) groups is 3. The molecule has 5 N–H and O–H groups in total. The van der Waals surface area contributed by atoms with Crippen molar-refractivity contribution in [3.63, 3.8) is 0 Å². The molecule has 0 aliphatic rings. The van der Waals surface area contributed by atoms with Gasteiger partial charge in [-0.05, 0) is 25.0 Å². The van der Waals surface area contributed by atoms with Crippen LogP contribution >= 0.6 is 0 Å². The molecule has 0 aliphatic heterocycles. The van der Waals surface area contributed by atoms with Crippen molar-refractivity contribution in [3.8, 4) is 0 Å². The van der Waals surface area contributed by atoms with Crippen molar-refractivity contribution in [1.29, 1.82) is 0 Å². The second kappa shape index (κ2) is 16.9. The fourth-order valence-corrected chi connectivity index (χ4v) is 3.08. The van der Waals surface area contributed by atoms with Crippen LogP contribution in [0.2, 0.25) is 0 Å². The van der Waals surface area contributed by atoms with E-state index >= 15 is 0 Å². The summed E-state index contributed by atoms with van der Waals surface area (Å²) in [5.41, 5.74) is 0.319. The molecule has 0 fully saturated rings. The molecular formula is C24H40N4O5. The number of hydrogen-bond acceptors (Lipinski definition) is 6. The Kier molecular flexibility index (Phi) is 14.5. The molecule has 33 heavy (non-hydrogen) atoms. The average molecular weight is 465 g/mol. The standard InChI is InChI=1S/C24H40N4O5/c1-3-5-7-9-14-18-26-23(31)28-24(32,22(30)25-17-13-8-6-4-2)19-27-33-21(29)20-15-11-10-12-16-20/h10-12,15-16,27,32H,3-9,13-14,17-19H2,1-2H3,(H,25,30)(H2,26,28,31)/t24-/m0/s1. The van der Waals surface area contributed by atoms with Crippen LogP contribution in [0.1, 0.15) is 82.0 Å². The van der Waals surface area contributed by atoms with Gasteiger partial charge in [-0.25, -0.2) is 9.59 Å². The Morgan fingerprint density at radius 3 is 2.06 bits per heavy atom. The fraction of sp³-hybridized carbons (Fsp3) is 0.625. The van der Waals surface area contributed by atoms with E-state index in [0.29, 0.717) is 18.7 Å². The Balaban J connectivity index is 2.59. The van der Waals surface area contributed by atoms with Crippen molar-refractivity contribution in [2.24, 2.45) is 0 Å². The van der Waals surface area contributed by atoms with Gasteiger partial charge in [0.05, 0.1) is 12.1 Å². The Morgan fingerprint density at radius 1 is 0.848 bits per heavy atom. The van der Waals surface area contributed by atoms with Crippen molar-refractivity contribution < 1.29 is 24.3 Å². The van der Waals surface area contributed by atoms with Crippen molar-refractivity contribution in [2.75, 3.05) is 19.6 Å². The average Bonchev–Trinajstić information content (AvgIpc) is 2.81. The third kappa shape index (κ3) is 12.2. The zero-order chi connectivity index (χ0) is 24.4. The summed E-state index contributed by atoms with van der Waals surface area (Å²) in [4.78, 5) is 42.0. The van der Waals surface area contributed by atoms with Crippen LogP contribution in [-0.4, -0.2) is 48.4 Å². The quantitative estimate of drug-likeness (QED) is 0.137. The molecule has 1 aromatic rings. The third-order valence-electron chi connectivity index (χ3n) is 5.08. The van der Waals surface area contributed by atoms with E-state index in [0.717, 1.165) is 57.8 Å². The van der Waals surface area contributed by atoms with Gasteiger partial charge in [0, 0.05) is 13.1 Å². The van der Waals surface area contributed by atoms with Crippen molar-refractivity contribution in [3.05, 3.63) is 35.9 Å². The van der Waals surface area contributed by atoms with Gasteiger partial charge >= 0.3 is 12.0 Å². The maximum atomic E-state index is 12.6. The molecule has 1 rings (SSSR count). The Bertz CT molecular complexity index is 701. The number of benzene rings is 1. The van der Waals surface area contributed by atoms with E-state index in [1.54, 1.807) is 30.3 Å². The van der Waals surface area contributed by atoms with Gasteiger partial charge in [-0.15, -0.1) is 5.48 Å². The maximum absolute atomic E-state index is 12.6. The fourth-order valence-electron chi connectivity index (χ4n) is 3.08. The molecule has 3 amide bonds. The van der Waals surface area contributed by atoms with E-state index in [1.165, 1.54) is 0 Å². The summed E-state index contributed by atoms with van der Waals surface area (Å²) in [7, 11) is 0. The summed E-state index contributed by atoms with van der Waals surface area (Å²) in [5, 5.41) is 18.5. The van der Waals surface area contributed by atoms with E-state index in [2.05, 4.69) is 35.3 Å². The van der Waals surface area contributed by atoms with Crippen molar-refractivity contribution in [2.45, 2.75) is 77.4 Å². The first-order chi connectivity index (χ1) is 15.9. The van der Waals surface area contributed by atoms with E-state index in [4.69, 9.17) is 4.84 Å². The first kappa shape index (κ1) is 28.4. The lowest BCUT2D eigenvalue weighted by Crippen LogP contribution is -2.65. The number of aliphatic hydroxyl groups is 1. The topological polar surface area (TPSA) is 129 Å². The number of rotatable bonds is 17. The minimum Gasteiger partial charge on any atom is -0.367 e. The Hall–Kier alpha value is -2.65. The molecule has 0 saturated carbocycles. The molecule has 186 valence electrons. The number of carbonyl (C=O) groups excluding carboxylic acids is 3. The van der Waals surface area contributed by atoms with Gasteiger partial charge in [-0.2, -0.15) is 0 Å². The minimum atomic E-state index is -2.30. The van der Waals surface area contributed by atoms with Crippen LogP contribution in [0.15, 0.2) is 30.3 Å². The van der Waals surface area contributed by atoms with Crippen LogP contribution in [0.3, 0.4) is 0 Å². The molecule has 9 heteroatoms. The molecule has 0 unspecified atom stereocenters. The van der Waals surface area contributed by atoms with E-state index in [-0.39, 0.29) is 0 Å². The number of nitrogens with one attached hydrogen (secondary N) is 4. The highest BCUT2D eigenvalue weighted by Gasteiger charge is 2.38. The number of hydroxylamine groups is 1. The number of amides is 3. The maximum Gasteiger partial charge on any atom is 0.356 e. The molecular weight excluding hydrogens is 424 g/mol. The summed E-state index contributed by atoms with van der Waals surface area (Å²) in [6.07, 6.45) is 9.01. The molecule has 0 radical (unpaired) electrons. The number of urea groups is 1. The molecule has 0 spiro atoms. The second-order valence-corrected chi connectivity index (χ2v) is 8.05. The minimum absolute atomic E-state index is 0.308.